The van der Waals surface area contributed by atoms with Gasteiger partial charge in [0.1, 0.15) is 17.2 Å². The van der Waals surface area contributed by atoms with Crippen LogP contribution in [0.2, 0.25) is 0 Å². The van der Waals surface area contributed by atoms with Gasteiger partial charge in [0.25, 0.3) is 10.0 Å². The van der Waals surface area contributed by atoms with E-state index in [2.05, 4.69) is 11.9 Å². The third-order valence-electron chi connectivity index (χ3n) is 4.28. The minimum absolute atomic E-state index is 0.0364. The molecular weight excluding hydrogens is 492 g/mol. The SMILES string of the molecule is C=C(OC(=S)C(CCC(=O)OC(C)(C)C)NC(=O)OC(C)(C)C)N(C)S(=O)(=O)c1ccc(C)cc1. The van der Waals surface area contributed by atoms with Crippen molar-refractivity contribution < 1.29 is 32.2 Å². The standard InChI is InChI=1S/C24H36N2O7S2/c1-16-10-12-18(13-11-16)35(29,30)26(9)17(2)31-21(34)19(25-22(28)33-24(6,7)8)14-15-20(27)32-23(3,4)5/h10-13,19H,2,14-15H2,1,3-9H3,(H,25,28). The van der Waals surface area contributed by atoms with Crippen molar-refractivity contribution in [2.24, 2.45) is 0 Å². The van der Waals surface area contributed by atoms with E-state index in [0.29, 0.717) is 0 Å². The fourth-order valence-corrected chi connectivity index (χ4v) is 3.98. The maximum atomic E-state index is 12.9. The lowest BCUT2D eigenvalue weighted by Crippen LogP contribution is -2.44. The Labute approximate surface area is 213 Å². The molecule has 1 atom stereocenters. The van der Waals surface area contributed by atoms with Crippen LogP contribution >= 0.6 is 12.2 Å². The Morgan fingerprint density at radius 1 is 1.06 bits per heavy atom. The van der Waals surface area contributed by atoms with Gasteiger partial charge in [-0.25, -0.2) is 17.5 Å². The van der Waals surface area contributed by atoms with Crippen molar-refractivity contribution in [3.63, 3.8) is 0 Å². The van der Waals surface area contributed by atoms with Crippen molar-refractivity contribution >= 4 is 39.4 Å². The summed E-state index contributed by atoms with van der Waals surface area (Å²) in [6.45, 7) is 15.8. The topological polar surface area (TPSA) is 111 Å². The maximum Gasteiger partial charge on any atom is 0.408 e. The summed E-state index contributed by atoms with van der Waals surface area (Å²) in [7, 11) is -2.68. The Hall–Kier alpha value is -2.66. The average Bonchev–Trinajstić information content (AvgIpc) is 2.67. The van der Waals surface area contributed by atoms with E-state index in [1.807, 2.05) is 6.92 Å². The molecule has 0 saturated heterocycles. The third-order valence-corrected chi connectivity index (χ3v) is 6.44. The zero-order valence-electron chi connectivity index (χ0n) is 21.6. The number of sulfonamides is 1. The first-order valence-electron chi connectivity index (χ1n) is 11.0. The summed E-state index contributed by atoms with van der Waals surface area (Å²) >= 11 is 5.32. The van der Waals surface area contributed by atoms with E-state index >= 15 is 0 Å². The normalized spacial score (nSPS) is 12.8. The predicted molar refractivity (Wildman–Crippen MR) is 137 cm³/mol. The van der Waals surface area contributed by atoms with Gasteiger partial charge in [-0.15, -0.1) is 0 Å². The fraction of sp³-hybridized carbons (Fsp3) is 0.542. The lowest BCUT2D eigenvalue weighted by Gasteiger charge is -2.26. The van der Waals surface area contributed by atoms with Crippen LogP contribution in [-0.4, -0.2) is 54.1 Å². The van der Waals surface area contributed by atoms with E-state index in [-0.39, 0.29) is 28.7 Å². The summed E-state index contributed by atoms with van der Waals surface area (Å²) in [6.07, 6.45) is -0.816. The number of nitrogens with one attached hydrogen (secondary N) is 1. The van der Waals surface area contributed by atoms with E-state index in [9.17, 15) is 18.0 Å². The van der Waals surface area contributed by atoms with Crippen LogP contribution in [0.5, 0.6) is 0 Å². The second-order valence-electron chi connectivity index (χ2n) is 9.92. The number of hydrogen-bond acceptors (Lipinski definition) is 8. The zero-order chi connectivity index (χ0) is 27.2. The Balaban J connectivity index is 2.99. The van der Waals surface area contributed by atoms with Gasteiger partial charge in [-0.1, -0.05) is 17.7 Å². The first-order valence-corrected chi connectivity index (χ1v) is 12.8. The lowest BCUT2D eigenvalue weighted by atomic mass is 10.1. The molecule has 1 aromatic rings. The Kier molecular flexibility index (Phi) is 10.3. The molecule has 0 bridgehead atoms. The molecule has 1 rings (SSSR count). The van der Waals surface area contributed by atoms with Crippen LogP contribution in [0.15, 0.2) is 41.6 Å². The number of nitrogens with zero attached hydrogens (tertiary/aromatic N) is 1. The number of benzene rings is 1. The minimum Gasteiger partial charge on any atom is -0.460 e. The Morgan fingerprint density at radius 2 is 1.57 bits per heavy atom. The second kappa shape index (κ2) is 11.9. The molecule has 1 N–H and O–H groups in total. The average molecular weight is 529 g/mol. The van der Waals surface area contributed by atoms with Gasteiger partial charge < -0.3 is 19.5 Å². The summed E-state index contributed by atoms with van der Waals surface area (Å²) in [5.74, 6) is -0.766. The van der Waals surface area contributed by atoms with E-state index in [0.717, 1.165) is 9.87 Å². The summed E-state index contributed by atoms with van der Waals surface area (Å²) in [4.78, 5) is 24.6. The molecular formula is C24H36N2O7S2. The Bertz CT molecular complexity index is 1040. The number of ether oxygens (including phenoxy) is 3. The Morgan fingerprint density at radius 3 is 2.06 bits per heavy atom. The van der Waals surface area contributed by atoms with Gasteiger partial charge in [-0.05, 0) is 85.8 Å². The van der Waals surface area contributed by atoms with Gasteiger partial charge in [0.05, 0.1) is 4.90 Å². The third kappa shape index (κ3) is 10.6. The highest BCUT2D eigenvalue weighted by Crippen LogP contribution is 2.20. The number of amides is 1. The molecule has 9 nitrogen and oxygen atoms in total. The highest BCUT2D eigenvalue weighted by molar-refractivity contribution is 7.89. The highest BCUT2D eigenvalue weighted by atomic mass is 32.2. The molecule has 0 radical (unpaired) electrons. The first-order chi connectivity index (χ1) is 15.8. The van der Waals surface area contributed by atoms with E-state index in [4.69, 9.17) is 26.4 Å². The number of hydrogen-bond donors (Lipinski definition) is 1. The first kappa shape index (κ1) is 30.4. The van der Waals surface area contributed by atoms with Crippen molar-refractivity contribution in [3.05, 3.63) is 42.3 Å². The summed E-state index contributed by atoms with van der Waals surface area (Å²) in [5.41, 5.74) is -0.540. The number of esters is 1. The smallest absolute Gasteiger partial charge is 0.408 e. The van der Waals surface area contributed by atoms with Crippen molar-refractivity contribution in [1.29, 1.82) is 0 Å². The maximum absolute atomic E-state index is 12.9. The van der Waals surface area contributed by atoms with Crippen LogP contribution in [0.25, 0.3) is 0 Å². The lowest BCUT2D eigenvalue weighted by molar-refractivity contribution is -0.155. The van der Waals surface area contributed by atoms with Crippen LogP contribution in [-0.2, 0) is 29.0 Å². The molecule has 1 aromatic carbocycles. The van der Waals surface area contributed by atoms with Crippen molar-refractivity contribution in [2.45, 2.75) is 83.4 Å². The molecule has 0 spiro atoms. The second-order valence-corrected chi connectivity index (χ2v) is 12.3. The number of rotatable bonds is 9. The molecule has 0 aliphatic carbocycles. The molecule has 0 aliphatic heterocycles. The molecule has 35 heavy (non-hydrogen) atoms. The highest BCUT2D eigenvalue weighted by Gasteiger charge is 2.28. The molecule has 0 heterocycles. The fourth-order valence-electron chi connectivity index (χ4n) is 2.61. The molecule has 11 heteroatoms. The predicted octanol–water partition coefficient (Wildman–Crippen LogP) is 4.45. The van der Waals surface area contributed by atoms with Crippen LogP contribution in [0, 0.1) is 6.92 Å². The molecule has 1 unspecified atom stereocenters. The van der Waals surface area contributed by atoms with Crippen LogP contribution < -0.4 is 5.32 Å². The molecule has 1 amide bonds. The number of aryl methyl sites for hydroxylation is 1. The number of carbonyl (C=O) groups excluding carboxylic acids is 2. The van der Waals surface area contributed by atoms with Crippen molar-refractivity contribution in [3.8, 4) is 0 Å². The van der Waals surface area contributed by atoms with Gasteiger partial charge in [-0.3, -0.25) is 4.79 Å². The van der Waals surface area contributed by atoms with Crippen molar-refractivity contribution in [2.75, 3.05) is 7.05 Å². The number of thiocarbonyl (C=S) groups is 1. The summed E-state index contributed by atoms with van der Waals surface area (Å²) < 4.78 is 42.8. The molecule has 0 aromatic heterocycles. The largest absolute Gasteiger partial charge is 0.460 e. The van der Waals surface area contributed by atoms with Crippen LogP contribution in [0.3, 0.4) is 0 Å². The quantitative estimate of drug-likeness (QED) is 0.284. The molecule has 196 valence electrons. The minimum atomic E-state index is -3.96. The van der Waals surface area contributed by atoms with E-state index in [1.165, 1.54) is 19.2 Å². The van der Waals surface area contributed by atoms with Crippen LogP contribution in [0.1, 0.15) is 59.9 Å². The summed E-state index contributed by atoms with van der Waals surface area (Å²) in [5, 5.41) is 2.38. The van der Waals surface area contributed by atoms with Gasteiger partial charge in [0.15, 0.2) is 5.05 Å². The van der Waals surface area contributed by atoms with Gasteiger partial charge >= 0.3 is 12.1 Å². The zero-order valence-corrected chi connectivity index (χ0v) is 23.3. The molecule has 0 fully saturated rings. The van der Waals surface area contributed by atoms with Gasteiger partial charge in [0.2, 0.25) is 5.88 Å². The van der Waals surface area contributed by atoms with E-state index in [1.54, 1.807) is 53.7 Å². The number of alkyl carbamates (subject to hydrolysis) is 1. The monoisotopic (exact) mass is 528 g/mol. The van der Waals surface area contributed by atoms with Gasteiger partial charge in [0, 0.05) is 13.5 Å². The number of carbonyl (C=O) groups is 2. The van der Waals surface area contributed by atoms with Crippen LogP contribution in [0.4, 0.5) is 4.79 Å². The van der Waals surface area contributed by atoms with E-state index < -0.39 is 39.3 Å². The van der Waals surface area contributed by atoms with Crippen molar-refractivity contribution in [1.82, 2.24) is 9.62 Å². The molecule has 0 saturated carbocycles. The van der Waals surface area contributed by atoms with Gasteiger partial charge in [-0.2, -0.15) is 0 Å². The summed E-state index contributed by atoms with van der Waals surface area (Å²) in [6, 6.07) is 5.33. The molecule has 0 aliphatic rings.